The van der Waals surface area contributed by atoms with Gasteiger partial charge in [-0.1, -0.05) is 30.7 Å². The second kappa shape index (κ2) is 5.26. The monoisotopic (exact) mass is 205 g/mol. The minimum absolute atomic E-state index is 0.554. The first-order valence-corrected chi connectivity index (χ1v) is 5.66. The van der Waals surface area contributed by atoms with E-state index in [1.165, 1.54) is 30.4 Å². The van der Waals surface area contributed by atoms with Crippen LogP contribution in [0.4, 0.5) is 0 Å². The lowest BCUT2D eigenvalue weighted by molar-refractivity contribution is 0.412. The van der Waals surface area contributed by atoms with E-state index < -0.39 is 0 Å². The molecular weight excluding hydrogens is 186 g/mol. The minimum atomic E-state index is 0.554. The Bertz CT molecular complexity index is 288. The number of hydrazine groups is 1. The van der Waals surface area contributed by atoms with Gasteiger partial charge in [-0.15, -0.1) is 0 Å². The number of benzene rings is 1. The van der Waals surface area contributed by atoms with Gasteiger partial charge >= 0.3 is 0 Å². The van der Waals surface area contributed by atoms with Crippen LogP contribution in [0, 0.1) is 0 Å². The predicted molar refractivity (Wildman–Crippen MR) is 62.1 cm³/mol. The van der Waals surface area contributed by atoms with E-state index in [-0.39, 0.29) is 0 Å². The molecular formula is C12H19N3. The van der Waals surface area contributed by atoms with Crippen LogP contribution in [0.5, 0.6) is 0 Å². The zero-order valence-electron chi connectivity index (χ0n) is 9.00. The standard InChI is InChI=1S/C12H19N3/c13-15-9-10-4-6-11(7-5-10)12-3-1-2-8-14-12/h4-7,12,14-15H,1-3,8-9,13H2. The number of piperidine rings is 1. The Hall–Kier alpha value is -0.900. The van der Waals surface area contributed by atoms with Gasteiger partial charge in [-0.3, -0.25) is 11.3 Å². The molecule has 1 aromatic rings. The third-order valence-electron chi connectivity index (χ3n) is 3.00. The summed E-state index contributed by atoms with van der Waals surface area (Å²) in [7, 11) is 0. The Kier molecular flexibility index (Phi) is 3.72. The molecule has 0 radical (unpaired) electrons. The fraction of sp³-hybridized carbons (Fsp3) is 0.500. The fourth-order valence-electron chi connectivity index (χ4n) is 2.12. The third kappa shape index (κ3) is 2.78. The molecule has 2 rings (SSSR count). The number of hydrogen-bond acceptors (Lipinski definition) is 3. The van der Waals surface area contributed by atoms with E-state index in [0.717, 1.165) is 13.1 Å². The summed E-state index contributed by atoms with van der Waals surface area (Å²) in [5.74, 6) is 5.28. The second-order valence-electron chi connectivity index (χ2n) is 4.12. The molecule has 1 unspecified atom stereocenters. The average molecular weight is 205 g/mol. The summed E-state index contributed by atoms with van der Waals surface area (Å²) in [5.41, 5.74) is 5.30. The largest absolute Gasteiger partial charge is 0.310 e. The molecule has 82 valence electrons. The first-order valence-electron chi connectivity index (χ1n) is 5.66. The summed E-state index contributed by atoms with van der Waals surface area (Å²) in [5, 5.41) is 3.55. The summed E-state index contributed by atoms with van der Waals surface area (Å²) < 4.78 is 0. The molecule has 0 amide bonds. The predicted octanol–water partition coefficient (Wildman–Crippen LogP) is 1.46. The number of rotatable bonds is 3. The van der Waals surface area contributed by atoms with E-state index >= 15 is 0 Å². The van der Waals surface area contributed by atoms with Gasteiger partial charge in [0.15, 0.2) is 0 Å². The number of nitrogens with two attached hydrogens (primary N) is 1. The van der Waals surface area contributed by atoms with Crippen LogP contribution < -0.4 is 16.6 Å². The molecule has 1 saturated heterocycles. The maximum absolute atomic E-state index is 5.28. The zero-order valence-corrected chi connectivity index (χ0v) is 9.00. The number of hydrogen-bond donors (Lipinski definition) is 3. The van der Waals surface area contributed by atoms with Gasteiger partial charge in [0.1, 0.15) is 0 Å². The van der Waals surface area contributed by atoms with Gasteiger partial charge in [0.05, 0.1) is 0 Å². The van der Waals surface area contributed by atoms with Crippen molar-refractivity contribution in [2.75, 3.05) is 6.54 Å². The Balaban J connectivity index is 2.02. The fourth-order valence-corrected chi connectivity index (χ4v) is 2.12. The van der Waals surface area contributed by atoms with Crippen molar-refractivity contribution in [2.24, 2.45) is 5.84 Å². The highest BCUT2D eigenvalue weighted by atomic mass is 15.2. The van der Waals surface area contributed by atoms with Crippen LogP contribution in [-0.4, -0.2) is 6.54 Å². The van der Waals surface area contributed by atoms with Crippen LogP contribution >= 0.6 is 0 Å². The van der Waals surface area contributed by atoms with Gasteiger partial charge in [0.2, 0.25) is 0 Å². The van der Waals surface area contributed by atoms with E-state index in [9.17, 15) is 0 Å². The van der Waals surface area contributed by atoms with Crippen molar-refractivity contribution in [3.8, 4) is 0 Å². The van der Waals surface area contributed by atoms with Crippen LogP contribution in [0.3, 0.4) is 0 Å². The van der Waals surface area contributed by atoms with E-state index in [1.54, 1.807) is 0 Å². The van der Waals surface area contributed by atoms with Crippen molar-refractivity contribution in [3.63, 3.8) is 0 Å². The smallest absolute Gasteiger partial charge is 0.0348 e. The lowest BCUT2D eigenvalue weighted by atomic mass is 9.97. The summed E-state index contributed by atoms with van der Waals surface area (Å²) in [6.07, 6.45) is 3.91. The average Bonchev–Trinajstić information content (AvgIpc) is 2.32. The molecule has 0 saturated carbocycles. The minimum Gasteiger partial charge on any atom is -0.310 e. The van der Waals surface area contributed by atoms with Crippen molar-refractivity contribution in [1.29, 1.82) is 0 Å². The van der Waals surface area contributed by atoms with Gasteiger partial charge in [0.25, 0.3) is 0 Å². The molecule has 3 heteroatoms. The highest BCUT2D eigenvalue weighted by Crippen LogP contribution is 2.22. The maximum atomic E-state index is 5.28. The molecule has 15 heavy (non-hydrogen) atoms. The molecule has 4 N–H and O–H groups in total. The normalized spacial score (nSPS) is 21.5. The first kappa shape index (κ1) is 10.6. The topological polar surface area (TPSA) is 50.1 Å². The highest BCUT2D eigenvalue weighted by Gasteiger charge is 2.13. The summed E-state index contributed by atoms with van der Waals surface area (Å²) in [6.45, 7) is 1.88. The van der Waals surface area contributed by atoms with Crippen molar-refractivity contribution in [2.45, 2.75) is 31.8 Å². The van der Waals surface area contributed by atoms with E-state index in [2.05, 4.69) is 35.0 Å². The first-order chi connectivity index (χ1) is 7.40. The third-order valence-corrected chi connectivity index (χ3v) is 3.00. The van der Waals surface area contributed by atoms with Crippen molar-refractivity contribution in [1.82, 2.24) is 10.7 Å². The van der Waals surface area contributed by atoms with Crippen LogP contribution in [0.15, 0.2) is 24.3 Å². The molecule has 1 atom stereocenters. The van der Waals surface area contributed by atoms with Gasteiger partial charge in [-0.25, -0.2) is 0 Å². The second-order valence-corrected chi connectivity index (χ2v) is 4.12. The van der Waals surface area contributed by atoms with Crippen LogP contribution in [0.25, 0.3) is 0 Å². The Morgan fingerprint density at radius 3 is 2.67 bits per heavy atom. The molecule has 1 fully saturated rings. The summed E-state index contributed by atoms with van der Waals surface area (Å²) in [4.78, 5) is 0. The van der Waals surface area contributed by atoms with Crippen LogP contribution in [-0.2, 0) is 6.54 Å². The van der Waals surface area contributed by atoms with E-state index in [4.69, 9.17) is 5.84 Å². The molecule has 1 heterocycles. The van der Waals surface area contributed by atoms with Crippen molar-refractivity contribution in [3.05, 3.63) is 35.4 Å². The summed E-state index contributed by atoms with van der Waals surface area (Å²) in [6, 6.07) is 9.25. The van der Waals surface area contributed by atoms with Crippen LogP contribution in [0.1, 0.15) is 36.4 Å². The molecule has 1 aliphatic rings. The highest BCUT2D eigenvalue weighted by molar-refractivity contribution is 5.25. The molecule has 0 aliphatic carbocycles. The molecule has 1 aromatic carbocycles. The molecule has 1 aliphatic heterocycles. The van der Waals surface area contributed by atoms with Crippen molar-refractivity contribution < 1.29 is 0 Å². The van der Waals surface area contributed by atoms with E-state index in [1.807, 2.05) is 0 Å². The van der Waals surface area contributed by atoms with Crippen LogP contribution in [0.2, 0.25) is 0 Å². The maximum Gasteiger partial charge on any atom is 0.0348 e. The van der Waals surface area contributed by atoms with Gasteiger partial charge < -0.3 is 5.32 Å². The summed E-state index contributed by atoms with van der Waals surface area (Å²) >= 11 is 0. The van der Waals surface area contributed by atoms with E-state index in [0.29, 0.717) is 6.04 Å². The lowest BCUT2D eigenvalue weighted by Gasteiger charge is -2.23. The Labute approximate surface area is 91.0 Å². The van der Waals surface area contributed by atoms with Gasteiger partial charge in [-0.2, -0.15) is 0 Å². The molecule has 3 nitrogen and oxygen atoms in total. The molecule has 0 spiro atoms. The van der Waals surface area contributed by atoms with Gasteiger partial charge in [0, 0.05) is 12.6 Å². The Morgan fingerprint density at radius 2 is 2.07 bits per heavy atom. The molecule has 0 aromatic heterocycles. The lowest BCUT2D eigenvalue weighted by Crippen LogP contribution is -2.26. The van der Waals surface area contributed by atoms with Gasteiger partial charge in [-0.05, 0) is 30.5 Å². The van der Waals surface area contributed by atoms with Crippen molar-refractivity contribution >= 4 is 0 Å². The number of nitrogens with one attached hydrogen (secondary N) is 2. The zero-order chi connectivity index (χ0) is 10.5. The SMILES string of the molecule is NNCc1ccc(C2CCCCN2)cc1. The Morgan fingerprint density at radius 1 is 1.27 bits per heavy atom. The molecule has 0 bridgehead atoms. The quantitative estimate of drug-likeness (QED) is 0.517.